The minimum atomic E-state index is -1.43. The van der Waals surface area contributed by atoms with Crippen LogP contribution in [-0.4, -0.2) is 58.1 Å². The molecule has 9 nitrogen and oxygen atoms in total. The number of ketones is 2. The van der Waals surface area contributed by atoms with Gasteiger partial charge < -0.3 is 14.9 Å². The molecule has 1 aliphatic heterocycles. The highest BCUT2D eigenvalue weighted by Crippen LogP contribution is 2.64. The number of Topliss-reactive ketones (excluding diaryl/α,β-unsaturated/α-hetero) is 1. The van der Waals surface area contributed by atoms with E-state index in [1.54, 1.807) is 36.4 Å². The van der Waals surface area contributed by atoms with Gasteiger partial charge in [-0.15, -0.1) is 0 Å². The van der Waals surface area contributed by atoms with Gasteiger partial charge in [-0.3, -0.25) is 28.9 Å². The number of halogens is 1. The van der Waals surface area contributed by atoms with Crippen molar-refractivity contribution in [2.75, 3.05) is 13.7 Å². The number of fused-ring (bicyclic) bond motifs is 4. The number of phenols is 1. The van der Waals surface area contributed by atoms with Crippen LogP contribution in [0.5, 0.6) is 11.5 Å². The Labute approximate surface area is 285 Å². The highest BCUT2D eigenvalue weighted by molar-refractivity contribution is 9.10. The SMILES string of the molecule is COc1cc(C2C3=CCC4C(=O)N(CCC(=O)O)C(=O)C4C3CC3C(=O)C(c4ccccc4)=CC(=O)C32c2ccccc2)cc(Br)c1O. The van der Waals surface area contributed by atoms with E-state index in [4.69, 9.17) is 4.74 Å². The fourth-order valence-corrected chi connectivity index (χ4v) is 9.12. The van der Waals surface area contributed by atoms with Crippen molar-refractivity contribution in [1.29, 1.82) is 0 Å². The molecule has 3 aromatic rings. The van der Waals surface area contributed by atoms with Crippen LogP contribution >= 0.6 is 15.9 Å². The van der Waals surface area contributed by atoms with E-state index in [2.05, 4.69) is 15.9 Å². The number of imide groups is 1. The second kappa shape index (κ2) is 12.0. The van der Waals surface area contributed by atoms with Crippen LogP contribution in [0.4, 0.5) is 0 Å². The van der Waals surface area contributed by atoms with Crippen LogP contribution in [0.15, 0.2) is 95.0 Å². The van der Waals surface area contributed by atoms with Crippen molar-refractivity contribution in [3.05, 3.63) is 112 Å². The Kier molecular flexibility index (Phi) is 7.94. The first-order chi connectivity index (χ1) is 23.1. The molecule has 0 spiro atoms. The Bertz CT molecular complexity index is 1940. The Morgan fingerprint density at radius 2 is 1.67 bits per heavy atom. The van der Waals surface area contributed by atoms with E-state index in [0.717, 1.165) is 10.5 Å². The molecule has 0 radical (unpaired) electrons. The molecule has 0 bridgehead atoms. The summed E-state index contributed by atoms with van der Waals surface area (Å²) in [5, 5.41) is 20.1. The van der Waals surface area contributed by atoms with Crippen LogP contribution in [-0.2, 0) is 29.4 Å². The smallest absolute Gasteiger partial charge is 0.305 e. The van der Waals surface area contributed by atoms with E-state index in [1.807, 2.05) is 42.5 Å². The summed E-state index contributed by atoms with van der Waals surface area (Å²) >= 11 is 3.45. The first kappa shape index (κ1) is 31.8. The van der Waals surface area contributed by atoms with Crippen LogP contribution in [0.3, 0.4) is 0 Å². The number of carboxylic acid groups (broad SMARTS) is 1. The highest BCUT2D eigenvalue weighted by Gasteiger charge is 2.66. The van der Waals surface area contributed by atoms with E-state index >= 15 is 4.79 Å². The zero-order chi connectivity index (χ0) is 33.9. The molecule has 2 amide bonds. The molecule has 2 fully saturated rings. The average Bonchev–Trinajstić information content (AvgIpc) is 3.34. The standard InChI is InChI=1S/C38H32BrNO8/c1-48-29-17-21(16-28(39)35(29)45)33-23-12-13-24-32(37(47)40(36(24)46)15-14-31(42)43)26(23)18-27-34(44)25(20-8-4-2-5-9-20)19-30(41)38(27,33)22-10-6-3-7-11-22/h2-12,16-17,19,24,26-27,32-33,45H,13-15,18H2,1H3,(H,42,43). The number of hydrogen-bond acceptors (Lipinski definition) is 7. The van der Waals surface area contributed by atoms with Crippen molar-refractivity contribution in [3.8, 4) is 11.5 Å². The van der Waals surface area contributed by atoms with Crippen LogP contribution in [0.2, 0.25) is 0 Å². The molecule has 7 rings (SSSR count). The summed E-state index contributed by atoms with van der Waals surface area (Å²) < 4.78 is 5.86. The number of aromatic hydroxyl groups is 1. The van der Waals surface area contributed by atoms with Gasteiger partial charge >= 0.3 is 5.97 Å². The number of benzene rings is 3. The molecular weight excluding hydrogens is 678 g/mol. The molecule has 6 atom stereocenters. The molecule has 0 aromatic heterocycles. The van der Waals surface area contributed by atoms with Gasteiger partial charge in [0.15, 0.2) is 23.1 Å². The molecule has 244 valence electrons. The predicted molar refractivity (Wildman–Crippen MR) is 178 cm³/mol. The van der Waals surface area contributed by atoms with Crippen LogP contribution in [0, 0.1) is 23.7 Å². The van der Waals surface area contributed by atoms with Gasteiger partial charge in [0.1, 0.15) is 0 Å². The Morgan fingerprint density at radius 3 is 2.33 bits per heavy atom. The fourth-order valence-electron chi connectivity index (χ4n) is 8.66. The maximum absolute atomic E-state index is 15.1. The van der Waals surface area contributed by atoms with Crippen LogP contribution < -0.4 is 4.74 Å². The van der Waals surface area contributed by atoms with E-state index < -0.39 is 52.8 Å². The quantitative estimate of drug-likeness (QED) is 0.244. The first-order valence-electron chi connectivity index (χ1n) is 15.8. The first-order valence-corrected chi connectivity index (χ1v) is 16.6. The second-order valence-corrected chi connectivity index (χ2v) is 13.7. The zero-order valence-electron chi connectivity index (χ0n) is 26.0. The topological polar surface area (TPSA) is 138 Å². The third-order valence-corrected chi connectivity index (χ3v) is 11.2. The predicted octanol–water partition coefficient (Wildman–Crippen LogP) is 5.46. The number of rotatable bonds is 7. The zero-order valence-corrected chi connectivity index (χ0v) is 27.6. The summed E-state index contributed by atoms with van der Waals surface area (Å²) in [6.45, 7) is -0.233. The van der Waals surface area contributed by atoms with Crippen molar-refractivity contribution in [3.63, 3.8) is 0 Å². The molecule has 3 aromatic carbocycles. The van der Waals surface area contributed by atoms with Gasteiger partial charge in [0.05, 0.1) is 35.3 Å². The molecule has 4 aliphatic rings. The number of likely N-dealkylation sites (tertiary alicyclic amines) is 1. The Balaban J connectivity index is 1.49. The van der Waals surface area contributed by atoms with E-state index in [9.17, 15) is 29.4 Å². The number of ether oxygens (including phenoxy) is 1. The molecule has 3 aliphatic carbocycles. The number of aliphatic carboxylic acids is 1. The number of carboxylic acids is 1. The van der Waals surface area contributed by atoms with Crippen LogP contribution in [0.1, 0.15) is 41.9 Å². The second-order valence-electron chi connectivity index (χ2n) is 12.8. The highest BCUT2D eigenvalue weighted by atomic mass is 79.9. The summed E-state index contributed by atoms with van der Waals surface area (Å²) in [5.74, 6) is -6.26. The largest absolute Gasteiger partial charge is 0.503 e. The number of phenolic OH excluding ortho intramolecular Hbond substituents is 1. The van der Waals surface area contributed by atoms with Gasteiger partial charge in [-0.2, -0.15) is 0 Å². The average molecular weight is 711 g/mol. The summed E-state index contributed by atoms with van der Waals surface area (Å²) in [4.78, 5) is 70.1. The summed E-state index contributed by atoms with van der Waals surface area (Å²) in [5.41, 5.74) is 1.47. The monoisotopic (exact) mass is 709 g/mol. The summed E-state index contributed by atoms with van der Waals surface area (Å²) in [6.07, 6.45) is 3.37. The number of carbonyl (C=O) groups excluding carboxylic acids is 4. The van der Waals surface area contributed by atoms with Crippen LogP contribution in [0.25, 0.3) is 5.57 Å². The maximum atomic E-state index is 15.1. The van der Waals surface area contributed by atoms with Crippen molar-refractivity contribution in [2.45, 2.75) is 30.6 Å². The van der Waals surface area contributed by atoms with Crippen molar-refractivity contribution >= 4 is 50.9 Å². The third-order valence-electron chi connectivity index (χ3n) is 10.6. The number of nitrogens with zero attached hydrogens (tertiary/aromatic N) is 1. The molecule has 48 heavy (non-hydrogen) atoms. The third kappa shape index (κ3) is 4.68. The number of carbonyl (C=O) groups is 5. The molecular formula is C38H32BrNO8. The van der Waals surface area contributed by atoms with Gasteiger partial charge in [0.2, 0.25) is 11.8 Å². The summed E-state index contributed by atoms with van der Waals surface area (Å²) in [6, 6.07) is 21.6. The normalized spacial score (nSPS) is 27.9. The molecule has 1 heterocycles. The lowest BCUT2D eigenvalue weighted by Crippen LogP contribution is -2.58. The van der Waals surface area contributed by atoms with Crippen molar-refractivity contribution in [2.24, 2.45) is 23.7 Å². The number of amides is 2. The lowest BCUT2D eigenvalue weighted by molar-refractivity contribution is -0.142. The van der Waals surface area contributed by atoms with Gasteiger partial charge in [0, 0.05) is 24.0 Å². The molecule has 1 saturated heterocycles. The minimum absolute atomic E-state index is 0.125. The van der Waals surface area contributed by atoms with Crippen molar-refractivity contribution < 1.29 is 38.9 Å². The number of hydrogen-bond donors (Lipinski definition) is 2. The lowest BCUT2D eigenvalue weighted by Gasteiger charge is -2.55. The fraction of sp³-hybridized carbons (Fsp3) is 0.289. The Morgan fingerprint density at radius 1 is 0.979 bits per heavy atom. The van der Waals surface area contributed by atoms with Gasteiger partial charge in [0.25, 0.3) is 0 Å². The minimum Gasteiger partial charge on any atom is -0.503 e. The van der Waals surface area contributed by atoms with Gasteiger partial charge in [-0.1, -0.05) is 72.3 Å². The molecule has 10 heteroatoms. The number of allylic oxidation sites excluding steroid dienone is 4. The van der Waals surface area contributed by atoms with E-state index in [1.165, 1.54) is 13.2 Å². The lowest BCUT2D eigenvalue weighted by atomic mass is 9.44. The molecule has 1 saturated carbocycles. The van der Waals surface area contributed by atoms with E-state index in [0.29, 0.717) is 21.2 Å². The maximum Gasteiger partial charge on any atom is 0.305 e. The molecule has 6 unspecified atom stereocenters. The van der Waals surface area contributed by atoms with Crippen molar-refractivity contribution in [1.82, 2.24) is 4.90 Å². The van der Waals surface area contributed by atoms with E-state index in [-0.39, 0.29) is 54.4 Å². The van der Waals surface area contributed by atoms with Gasteiger partial charge in [-0.05, 0) is 69.6 Å². The van der Waals surface area contributed by atoms with Gasteiger partial charge in [-0.25, -0.2) is 0 Å². The summed E-state index contributed by atoms with van der Waals surface area (Å²) in [7, 11) is 1.42. The molecule has 2 N–H and O–H groups in total. The Hall–Kier alpha value is -4.83. The number of methoxy groups -OCH3 is 1.